The van der Waals surface area contributed by atoms with Gasteiger partial charge in [0.1, 0.15) is 11.7 Å². The third kappa shape index (κ3) is 4.00. The smallest absolute Gasteiger partial charge is 0.250 e. The van der Waals surface area contributed by atoms with Crippen LogP contribution in [-0.4, -0.2) is 28.5 Å². The summed E-state index contributed by atoms with van der Waals surface area (Å²) in [7, 11) is 3.52. The largest absolute Gasteiger partial charge is 0.505 e. The molecule has 7 nitrogen and oxygen atoms in total. The van der Waals surface area contributed by atoms with Crippen molar-refractivity contribution in [3.63, 3.8) is 0 Å². The first-order chi connectivity index (χ1) is 14.6. The van der Waals surface area contributed by atoms with Gasteiger partial charge < -0.3 is 26.0 Å². The third-order valence-corrected chi connectivity index (χ3v) is 4.94. The van der Waals surface area contributed by atoms with E-state index in [9.17, 15) is 14.3 Å². The topological polar surface area (TPSA) is 116 Å². The van der Waals surface area contributed by atoms with Gasteiger partial charge in [0.2, 0.25) is 0 Å². The Hall–Kier alpha value is -4.07. The number of nitrogens with one attached hydrogen (secondary N) is 3. The molecule has 1 aromatic heterocycles. The van der Waals surface area contributed by atoms with Crippen molar-refractivity contribution in [2.24, 2.45) is 12.8 Å². The van der Waals surface area contributed by atoms with Crippen LogP contribution in [0.25, 0.3) is 22.4 Å². The molecule has 3 aromatic rings. The van der Waals surface area contributed by atoms with Crippen molar-refractivity contribution >= 4 is 23.2 Å². The van der Waals surface area contributed by atoms with E-state index < -0.39 is 11.6 Å². The predicted octanol–water partition coefficient (Wildman–Crippen LogP) is 4.04. The molecular weight excluding hydrogens is 397 g/mol. The van der Waals surface area contributed by atoms with Crippen molar-refractivity contribution in [2.75, 3.05) is 17.7 Å². The number of carbonyl (C=O) groups is 1. The molecule has 0 bridgehead atoms. The second kappa shape index (κ2) is 8.35. The van der Waals surface area contributed by atoms with Crippen LogP contribution in [0.4, 0.5) is 15.9 Å². The number of halogens is 1. The molecule has 0 aliphatic rings. The number of phenolic OH excluding ortho intramolecular Hbond substituents is 1. The van der Waals surface area contributed by atoms with Crippen LogP contribution >= 0.6 is 0 Å². The highest BCUT2D eigenvalue weighted by molar-refractivity contribution is 6.10. The summed E-state index contributed by atoms with van der Waals surface area (Å²) in [6.45, 7) is 5.25. The number of nitrogen functional groups attached to an aromatic ring is 1. The van der Waals surface area contributed by atoms with E-state index in [4.69, 9.17) is 11.1 Å². The first kappa shape index (κ1) is 21.6. The normalized spacial score (nSPS) is 10.6. The number of rotatable bonds is 6. The summed E-state index contributed by atoms with van der Waals surface area (Å²) in [5.74, 6) is -1.10. The molecule has 0 atom stereocenters. The first-order valence-electron chi connectivity index (χ1n) is 9.46. The van der Waals surface area contributed by atoms with Crippen LogP contribution in [0.3, 0.4) is 0 Å². The molecule has 0 saturated heterocycles. The van der Waals surface area contributed by atoms with E-state index in [2.05, 4.69) is 17.2 Å². The second-order valence-electron chi connectivity index (χ2n) is 7.15. The van der Waals surface area contributed by atoms with Gasteiger partial charge in [-0.15, -0.1) is 0 Å². The minimum atomic E-state index is -0.773. The number of phenols is 1. The summed E-state index contributed by atoms with van der Waals surface area (Å²) >= 11 is 0. The van der Waals surface area contributed by atoms with Gasteiger partial charge in [0.05, 0.1) is 11.3 Å². The zero-order valence-corrected chi connectivity index (χ0v) is 17.5. The Labute approximate surface area is 179 Å². The molecule has 0 aliphatic carbocycles. The van der Waals surface area contributed by atoms with Crippen molar-refractivity contribution in [2.45, 2.75) is 6.92 Å². The van der Waals surface area contributed by atoms with Crippen LogP contribution in [0.1, 0.15) is 12.5 Å². The van der Waals surface area contributed by atoms with Crippen molar-refractivity contribution in [3.8, 4) is 28.1 Å². The fourth-order valence-electron chi connectivity index (χ4n) is 3.47. The Kier molecular flexibility index (Phi) is 5.83. The van der Waals surface area contributed by atoms with E-state index in [0.29, 0.717) is 39.5 Å². The Balaban J connectivity index is 2.22. The van der Waals surface area contributed by atoms with Gasteiger partial charge in [0, 0.05) is 30.9 Å². The highest BCUT2D eigenvalue weighted by atomic mass is 19.1. The highest BCUT2D eigenvalue weighted by Gasteiger charge is 2.25. The fraction of sp³-hybridized carbons (Fsp3) is 0.130. The van der Waals surface area contributed by atoms with Crippen LogP contribution in [0.5, 0.6) is 5.75 Å². The van der Waals surface area contributed by atoms with Crippen molar-refractivity contribution in [1.82, 2.24) is 4.57 Å². The number of nitrogens with zero attached hydrogens (tertiary/aromatic N) is 1. The number of aromatic hydroxyl groups is 1. The van der Waals surface area contributed by atoms with Crippen LogP contribution in [0, 0.1) is 11.2 Å². The Morgan fingerprint density at radius 3 is 2.32 bits per heavy atom. The molecule has 2 aromatic carbocycles. The zero-order valence-electron chi connectivity index (χ0n) is 17.5. The van der Waals surface area contributed by atoms with E-state index in [1.54, 1.807) is 32.2 Å². The van der Waals surface area contributed by atoms with Crippen LogP contribution < -0.4 is 16.4 Å². The molecule has 0 fully saturated rings. The number of aromatic nitrogens is 1. The number of anilines is 2. The number of hydrogen-bond acceptors (Lipinski definition) is 4. The zero-order chi connectivity index (χ0) is 22.9. The molecular formula is C23H24FN5O2. The summed E-state index contributed by atoms with van der Waals surface area (Å²) in [4.78, 5) is 11.9. The third-order valence-electron chi connectivity index (χ3n) is 4.94. The van der Waals surface area contributed by atoms with Crippen molar-refractivity contribution < 1.29 is 14.3 Å². The predicted molar refractivity (Wildman–Crippen MR) is 122 cm³/mol. The van der Waals surface area contributed by atoms with E-state index in [1.807, 2.05) is 23.7 Å². The molecule has 8 heteroatoms. The minimum Gasteiger partial charge on any atom is -0.505 e. The maximum absolute atomic E-state index is 14.2. The molecule has 3 rings (SSSR count). The van der Waals surface area contributed by atoms with Gasteiger partial charge in [-0.05, 0) is 42.3 Å². The maximum Gasteiger partial charge on any atom is 0.250 e. The van der Waals surface area contributed by atoms with Gasteiger partial charge in [-0.1, -0.05) is 24.8 Å². The van der Waals surface area contributed by atoms with Gasteiger partial charge in [-0.2, -0.15) is 0 Å². The Morgan fingerprint density at radius 2 is 1.81 bits per heavy atom. The van der Waals surface area contributed by atoms with Gasteiger partial charge >= 0.3 is 0 Å². The number of carbonyl (C=O) groups excluding carboxylic acids is 1. The van der Waals surface area contributed by atoms with Gasteiger partial charge in [-0.3, -0.25) is 10.2 Å². The van der Waals surface area contributed by atoms with Crippen LogP contribution in [-0.2, 0) is 11.8 Å². The molecule has 0 unspecified atom stereocenters. The van der Waals surface area contributed by atoms with Gasteiger partial charge in [-0.25, -0.2) is 4.39 Å². The quantitative estimate of drug-likeness (QED) is 0.235. The van der Waals surface area contributed by atoms with Crippen LogP contribution in [0.2, 0.25) is 0 Å². The second-order valence-corrected chi connectivity index (χ2v) is 7.15. The van der Waals surface area contributed by atoms with E-state index in [-0.39, 0.29) is 11.7 Å². The molecule has 160 valence electrons. The Morgan fingerprint density at radius 1 is 1.19 bits per heavy atom. The molecule has 0 radical (unpaired) electrons. The lowest BCUT2D eigenvalue weighted by molar-refractivity contribution is -0.112. The molecule has 6 N–H and O–H groups in total. The summed E-state index contributed by atoms with van der Waals surface area (Å²) in [6, 6.07) is 11.2. The SMILES string of the molecule is C=C(C)C(=O)Nc1ccc(-c2c(-c3ccc(O)c(F)c3)c(C(=N)N)c(NC)n2C)cc1. The number of hydrogen-bond donors (Lipinski definition) is 5. The lowest BCUT2D eigenvalue weighted by Gasteiger charge is -2.11. The number of benzene rings is 2. The number of amidine groups is 1. The Bertz CT molecular complexity index is 1200. The first-order valence-corrected chi connectivity index (χ1v) is 9.46. The summed E-state index contributed by atoms with van der Waals surface area (Å²) in [5, 5.41) is 23.5. The average Bonchev–Trinajstić information content (AvgIpc) is 3.03. The fourth-order valence-corrected chi connectivity index (χ4v) is 3.47. The van der Waals surface area contributed by atoms with Crippen molar-refractivity contribution in [1.29, 1.82) is 5.41 Å². The van der Waals surface area contributed by atoms with Crippen LogP contribution in [0.15, 0.2) is 54.6 Å². The molecule has 31 heavy (non-hydrogen) atoms. The summed E-state index contributed by atoms with van der Waals surface area (Å²) < 4.78 is 16.0. The van der Waals surface area contributed by atoms with Gasteiger partial charge in [0.15, 0.2) is 11.6 Å². The van der Waals surface area contributed by atoms with E-state index in [0.717, 1.165) is 5.56 Å². The average molecular weight is 421 g/mol. The lowest BCUT2D eigenvalue weighted by atomic mass is 9.96. The molecule has 1 amide bonds. The summed E-state index contributed by atoms with van der Waals surface area (Å²) in [6.07, 6.45) is 0. The number of amides is 1. The van der Waals surface area contributed by atoms with E-state index in [1.165, 1.54) is 12.1 Å². The number of nitrogens with two attached hydrogens (primary N) is 1. The lowest BCUT2D eigenvalue weighted by Crippen LogP contribution is -2.14. The van der Waals surface area contributed by atoms with Crippen molar-refractivity contribution in [3.05, 3.63) is 66.0 Å². The standard InChI is InChI=1S/C23H24FN5O2/c1-12(2)23(31)28-15-8-5-13(6-9-15)20-18(14-7-10-17(30)16(24)11-14)19(21(25)26)22(27-3)29(20)4/h5-11,27,30H,1H2,2-4H3,(H3,25,26)(H,28,31). The molecule has 0 aliphatic heterocycles. The maximum atomic E-state index is 14.2. The summed E-state index contributed by atoms with van der Waals surface area (Å²) in [5.41, 5.74) is 9.79. The molecule has 0 spiro atoms. The highest BCUT2D eigenvalue weighted by Crippen LogP contribution is 2.42. The monoisotopic (exact) mass is 421 g/mol. The molecule has 0 saturated carbocycles. The molecule has 1 heterocycles. The minimum absolute atomic E-state index is 0.181. The van der Waals surface area contributed by atoms with E-state index >= 15 is 0 Å². The van der Waals surface area contributed by atoms with Gasteiger partial charge in [0.25, 0.3) is 5.91 Å².